The Morgan fingerprint density at radius 1 is 1.06 bits per heavy atom. The van der Waals surface area contributed by atoms with E-state index in [-0.39, 0.29) is 17.0 Å². The predicted molar refractivity (Wildman–Crippen MR) is 95.9 cm³/mol. The molecule has 1 amide bonds. The number of alkyl halides is 6. The lowest BCUT2D eigenvalue weighted by Gasteiger charge is -2.24. The minimum absolute atomic E-state index is 0.0979. The van der Waals surface area contributed by atoms with Crippen molar-refractivity contribution in [1.82, 2.24) is 35.1 Å². The van der Waals surface area contributed by atoms with Gasteiger partial charge in [-0.2, -0.15) is 41.6 Å². The zero-order valence-electron chi connectivity index (χ0n) is 16.4. The maximum absolute atomic E-state index is 12.9. The Hall–Kier alpha value is -3.45. The van der Waals surface area contributed by atoms with E-state index < -0.39 is 35.7 Å². The summed E-state index contributed by atoms with van der Waals surface area (Å²) in [5.41, 5.74) is -1.80. The Bertz CT molecular complexity index is 1160. The molecule has 1 aliphatic rings. The molecule has 14 heteroatoms. The van der Waals surface area contributed by atoms with Crippen molar-refractivity contribution in [2.75, 3.05) is 0 Å². The number of hydrogen-bond donors (Lipinski definition) is 1. The van der Waals surface area contributed by atoms with Gasteiger partial charge < -0.3 is 5.32 Å². The molecule has 3 aromatic rings. The van der Waals surface area contributed by atoms with Gasteiger partial charge in [-0.05, 0) is 25.0 Å². The highest BCUT2D eigenvalue weighted by atomic mass is 19.4. The summed E-state index contributed by atoms with van der Waals surface area (Å²) in [4.78, 5) is 12.6. The second kappa shape index (κ2) is 7.60. The van der Waals surface area contributed by atoms with Crippen LogP contribution in [0, 0.1) is 0 Å². The number of nitrogens with one attached hydrogen (secondary N) is 1. The summed E-state index contributed by atoms with van der Waals surface area (Å²) >= 11 is 0. The number of rotatable bonds is 3. The topological polar surface area (TPSA) is 90.5 Å². The first kappa shape index (κ1) is 21.8. The molecule has 0 bridgehead atoms. The van der Waals surface area contributed by atoms with Crippen molar-refractivity contribution in [3.05, 3.63) is 47.2 Å². The van der Waals surface area contributed by atoms with Crippen molar-refractivity contribution in [3.63, 3.8) is 0 Å². The highest BCUT2D eigenvalue weighted by Crippen LogP contribution is 2.33. The summed E-state index contributed by atoms with van der Waals surface area (Å²) in [6, 6.07) is 2.40. The second-order valence-corrected chi connectivity index (χ2v) is 7.21. The van der Waals surface area contributed by atoms with E-state index in [1.165, 1.54) is 13.1 Å². The van der Waals surface area contributed by atoms with Crippen LogP contribution in [0.1, 0.15) is 46.5 Å². The molecule has 0 spiro atoms. The molecule has 0 saturated carbocycles. The Kier molecular flexibility index (Phi) is 5.17. The lowest BCUT2D eigenvalue weighted by Crippen LogP contribution is -2.33. The predicted octanol–water partition coefficient (Wildman–Crippen LogP) is 3.38. The number of fused-ring (bicyclic) bond motifs is 1. The molecule has 0 saturated heterocycles. The Balaban J connectivity index is 1.60. The molecule has 4 rings (SSSR count). The van der Waals surface area contributed by atoms with E-state index in [0.29, 0.717) is 31.1 Å². The minimum atomic E-state index is -4.69. The van der Waals surface area contributed by atoms with Crippen molar-refractivity contribution in [2.45, 2.75) is 37.8 Å². The van der Waals surface area contributed by atoms with Crippen LogP contribution in [-0.2, 0) is 25.9 Å². The summed E-state index contributed by atoms with van der Waals surface area (Å²) in [6.07, 6.45) is -7.14. The Morgan fingerprint density at radius 2 is 1.78 bits per heavy atom. The normalized spacial score (nSPS) is 16.7. The third-order valence-electron chi connectivity index (χ3n) is 4.98. The van der Waals surface area contributed by atoms with Crippen LogP contribution in [0.3, 0.4) is 0 Å². The molecule has 170 valence electrons. The first-order valence-corrected chi connectivity index (χ1v) is 9.33. The van der Waals surface area contributed by atoms with E-state index in [1.807, 2.05) is 0 Å². The van der Waals surface area contributed by atoms with Gasteiger partial charge in [0.1, 0.15) is 5.69 Å². The quantitative estimate of drug-likeness (QED) is 0.607. The van der Waals surface area contributed by atoms with Crippen molar-refractivity contribution < 1.29 is 31.1 Å². The van der Waals surface area contributed by atoms with Gasteiger partial charge in [-0.25, -0.2) is 0 Å². The van der Waals surface area contributed by atoms with Gasteiger partial charge in [0.25, 0.3) is 5.91 Å². The molecule has 0 fully saturated rings. The molecule has 0 radical (unpaired) electrons. The first-order chi connectivity index (χ1) is 14.9. The summed E-state index contributed by atoms with van der Waals surface area (Å²) in [5, 5.41) is 16.7. The van der Waals surface area contributed by atoms with Crippen LogP contribution in [0.4, 0.5) is 26.3 Å². The molecule has 0 aliphatic carbocycles. The molecule has 1 atom stereocenters. The smallest absolute Gasteiger partial charge is 0.342 e. The molecule has 1 aliphatic heterocycles. The molecule has 3 aromatic heterocycles. The Morgan fingerprint density at radius 3 is 2.44 bits per heavy atom. The van der Waals surface area contributed by atoms with Crippen molar-refractivity contribution in [3.8, 4) is 11.3 Å². The second-order valence-electron chi connectivity index (χ2n) is 7.21. The SMILES string of the molecule is Cn1nc(C(F)(F)F)cc1C(=O)N[C@H]1CCCn2nc(-c3cnnc(C(F)(F)F)c3)cc21. The molecular formula is C18H15F6N7O. The van der Waals surface area contributed by atoms with E-state index >= 15 is 0 Å². The fourth-order valence-corrected chi connectivity index (χ4v) is 3.47. The number of carbonyl (C=O) groups excluding carboxylic acids is 1. The number of hydrogen-bond acceptors (Lipinski definition) is 5. The summed E-state index contributed by atoms with van der Waals surface area (Å²) in [5.74, 6) is -0.762. The molecule has 1 N–H and O–H groups in total. The minimum Gasteiger partial charge on any atom is -0.342 e. The molecule has 4 heterocycles. The number of aromatic nitrogens is 6. The van der Waals surface area contributed by atoms with Crippen LogP contribution in [0.5, 0.6) is 0 Å². The van der Waals surface area contributed by atoms with Gasteiger partial charge in [0, 0.05) is 25.2 Å². The van der Waals surface area contributed by atoms with E-state index in [0.717, 1.165) is 16.9 Å². The van der Waals surface area contributed by atoms with E-state index in [4.69, 9.17) is 0 Å². The van der Waals surface area contributed by atoms with Crippen LogP contribution in [0.2, 0.25) is 0 Å². The summed E-state index contributed by atoms with van der Waals surface area (Å²) in [7, 11) is 1.22. The van der Waals surface area contributed by atoms with Crippen LogP contribution in [0.25, 0.3) is 11.3 Å². The van der Waals surface area contributed by atoms with Crippen LogP contribution in [0.15, 0.2) is 24.4 Å². The summed E-state index contributed by atoms with van der Waals surface area (Å²) < 4.78 is 79.8. The first-order valence-electron chi connectivity index (χ1n) is 9.33. The van der Waals surface area contributed by atoms with Gasteiger partial charge in [0.2, 0.25) is 0 Å². The van der Waals surface area contributed by atoms with E-state index in [2.05, 4.69) is 25.7 Å². The van der Waals surface area contributed by atoms with Crippen molar-refractivity contribution in [2.24, 2.45) is 7.05 Å². The van der Waals surface area contributed by atoms with Gasteiger partial charge >= 0.3 is 12.4 Å². The fourth-order valence-electron chi connectivity index (χ4n) is 3.47. The van der Waals surface area contributed by atoms with E-state index in [9.17, 15) is 31.1 Å². The highest BCUT2D eigenvalue weighted by Gasteiger charge is 2.36. The average molecular weight is 459 g/mol. The number of halogens is 6. The lowest BCUT2D eigenvalue weighted by molar-refractivity contribution is -0.142. The van der Waals surface area contributed by atoms with Crippen LogP contribution < -0.4 is 5.32 Å². The maximum atomic E-state index is 12.9. The number of aryl methyl sites for hydroxylation is 2. The monoisotopic (exact) mass is 459 g/mol. The van der Waals surface area contributed by atoms with Gasteiger partial charge in [-0.3, -0.25) is 14.2 Å². The maximum Gasteiger partial charge on any atom is 0.435 e. The zero-order chi connectivity index (χ0) is 23.3. The zero-order valence-corrected chi connectivity index (χ0v) is 16.4. The van der Waals surface area contributed by atoms with E-state index in [1.54, 1.807) is 4.68 Å². The number of carbonyl (C=O) groups is 1. The third-order valence-corrected chi connectivity index (χ3v) is 4.98. The molecular weight excluding hydrogens is 444 g/mol. The van der Waals surface area contributed by atoms with Gasteiger partial charge in [0.05, 0.1) is 23.6 Å². The highest BCUT2D eigenvalue weighted by molar-refractivity contribution is 5.93. The Labute approximate surface area is 176 Å². The molecule has 0 aromatic carbocycles. The molecule has 0 unspecified atom stereocenters. The molecule has 8 nitrogen and oxygen atoms in total. The van der Waals surface area contributed by atoms with Crippen molar-refractivity contribution >= 4 is 5.91 Å². The standard InChI is InChI=1S/C18H15F6N7O/c1-30-13(7-15(29-30)18(22,23)24)16(32)26-10-3-2-4-31-12(10)6-11(28-31)9-5-14(17(19,20)21)27-25-8-9/h5-8,10H,2-4H2,1H3,(H,26,32)/t10-/m0/s1. The van der Waals surface area contributed by atoms with Crippen molar-refractivity contribution in [1.29, 1.82) is 0 Å². The van der Waals surface area contributed by atoms with Gasteiger partial charge in [0.15, 0.2) is 11.4 Å². The van der Waals surface area contributed by atoms with Gasteiger partial charge in [-0.15, -0.1) is 5.10 Å². The number of nitrogens with zero attached hydrogens (tertiary/aromatic N) is 6. The van der Waals surface area contributed by atoms with Crippen LogP contribution >= 0.6 is 0 Å². The average Bonchev–Trinajstić information content (AvgIpc) is 3.32. The third kappa shape index (κ3) is 4.16. The molecule has 32 heavy (non-hydrogen) atoms. The fraction of sp³-hybridized carbons (Fsp3) is 0.389. The summed E-state index contributed by atoms with van der Waals surface area (Å²) in [6.45, 7) is 0.469. The lowest BCUT2D eigenvalue weighted by atomic mass is 10.0. The van der Waals surface area contributed by atoms with Gasteiger partial charge in [-0.1, -0.05) is 0 Å². The number of amides is 1. The largest absolute Gasteiger partial charge is 0.435 e. The van der Waals surface area contributed by atoms with Crippen LogP contribution in [-0.4, -0.2) is 35.7 Å².